The molecule has 0 aliphatic heterocycles. The Morgan fingerprint density at radius 3 is 2.45 bits per heavy atom. The van der Waals surface area contributed by atoms with Crippen LogP contribution in [0.4, 0.5) is 5.69 Å². The summed E-state index contributed by atoms with van der Waals surface area (Å²) in [5, 5.41) is 14.5. The molecule has 2 nitrogen and oxygen atoms in total. The minimum absolute atomic E-state index is 0.178. The van der Waals surface area contributed by atoms with Crippen LogP contribution in [0.25, 0.3) is 0 Å². The fourth-order valence-corrected chi connectivity index (χ4v) is 3.83. The number of nitrogens with one attached hydrogen (secondary N) is 1. The molecule has 0 spiro atoms. The van der Waals surface area contributed by atoms with Gasteiger partial charge in [0, 0.05) is 10.7 Å². The van der Waals surface area contributed by atoms with Gasteiger partial charge in [-0.15, -0.1) is 0 Å². The Bertz CT molecular complexity index is 437. The normalized spacial score (nSPS) is 27.4. The van der Waals surface area contributed by atoms with Gasteiger partial charge < -0.3 is 10.4 Å². The minimum atomic E-state index is -0.218. The highest BCUT2D eigenvalue weighted by Gasteiger charge is 2.45. The maximum atomic E-state index is 10.1. The molecule has 0 amide bonds. The molecule has 0 radical (unpaired) electrons. The summed E-state index contributed by atoms with van der Waals surface area (Å²) in [6, 6.07) is 7.77. The van der Waals surface area contributed by atoms with Gasteiger partial charge in [0.2, 0.25) is 0 Å². The quantitative estimate of drug-likeness (QED) is 0.846. The number of hydrogen-bond donors (Lipinski definition) is 2. The van der Waals surface area contributed by atoms with Crippen LogP contribution in [0.1, 0.15) is 46.5 Å². The van der Waals surface area contributed by atoms with Crippen molar-refractivity contribution in [1.82, 2.24) is 0 Å². The van der Waals surface area contributed by atoms with Gasteiger partial charge in [-0.2, -0.15) is 0 Å². The first kappa shape index (κ1) is 15.7. The monoisotopic (exact) mass is 295 g/mol. The maximum absolute atomic E-state index is 10.1. The Hall–Kier alpha value is -0.730. The molecule has 1 fully saturated rings. The molecule has 2 unspecified atom stereocenters. The van der Waals surface area contributed by atoms with E-state index in [0.29, 0.717) is 5.92 Å². The third-order valence-corrected chi connectivity index (χ3v) is 4.85. The Balaban J connectivity index is 2.27. The van der Waals surface area contributed by atoms with Crippen LogP contribution in [-0.2, 0) is 0 Å². The lowest BCUT2D eigenvalue weighted by atomic mass is 9.62. The predicted molar refractivity (Wildman–Crippen MR) is 86.3 cm³/mol. The average Bonchev–Trinajstić information content (AvgIpc) is 2.41. The molecule has 2 rings (SSSR count). The lowest BCUT2D eigenvalue weighted by molar-refractivity contribution is 0.0484. The Morgan fingerprint density at radius 2 is 1.90 bits per heavy atom. The Labute approximate surface area is 127 Å². The molecule has 20 heavy (non-hydrogen) atoms. The molecule has 1 aliphatic carbocycles. The number of anilines is 1. The van der Waals surface area contributed by atoms with Crippen molar-refractivity contribution >= 4 is 17.3 Å². The summed E-state index contributed by atoms with van der Waals surface area (Å²) in [5.41, 5.74) is 1.01. The van der Waals surface area contributed by atoms with Gasteiger partial charge in [-0.05, 0) is 48.4 Å². The topological polar surface area (TPSA) is 32.3 Å². The molecular formula is C17H26ClNO. The van der Waals surface area contributed by atoms with Gasteiger partial charge in [0.05, 0.1) is 12.1 Å². The molecule has 1 aromatic rings. The molecule has 0 aromatic heterocycles. The Kier molecular flexibility index (Phi) is 4.66. The van der Waals surface area contributed by atoms with Crippen molar-refractivity contribution in [2.24, 2.45) is 11.3 Å². The number of hydrogen-bond acceptors (Lipinski definition) is 2. The van der Waals surface area contributed by atoms with Crippen LogP contribution in [0.15, 0.2) is 24.3 Å². The first-order chi connectivity index (χ1) is 9.37. The third kappa shape index (κ3) is 3.29. The zero-order valence-electron chi connectivity index (χ0n) is 12.7. The molecule has 2 atom stereocenters. The lowest BCUT2D eigenvalue weighted by Crippen LogP contribution is -2.55. The van der Waals surface area contributed by atoms with E-state index in [4.69, 9.17) is 11.6 Å². The van der Waals surface area contributed by atoms with Crippen LogP contribution in [0.2, 0.25) is 5.02 Å². The summed E-state index contributed by atoms with van der Waals surface area (Å²) in [6.07, 6.45) is 4.62. The molecule has 1 aromatic carbocycles. The molecular weight excluding hydrogens is 270 g/mol. The lowest BCUT2D eigenvalue weighted by Gasteiger charge is -2.50. The zero-order chi connectivity index (χ0) is 14.8. The van der Waals surface area contributed by atoms with E-state index >= 15 is 0 Å². The Morgan fingerprint density at radius 1 is 1.25 bits per heavy atom. The zero-order valence-corrected chi connectivity index (χ0v) is 13.5. The van der Waals surface area contributed by atoms with E-state index in [2.05, 4.69) is 26.1 Å². The number of benzene rings is 1. The van der Waals surface area contributed by atoms with Gasteiger partial charge in [0.25, 0.3) is 0 Å². The summed E-state index contributed by atoms with van der Waals surface area (Å²) in [7, 11) is 0. The summed E-state index contributed by atoms with van der Waals surface area (Å²) >= 11 is 5.95. The van der Waals surface area contributed by atoms with Gasteiger partial charge in [-0.1, -0.05) is 45.2 Å². The van der Waals surface area contributed by atoms with Crippen LogP contribution >= 0.6 is 11.6 Å². The largest absolute Gasteiger partial charge is 0.394 e. The minimum Gasteiger partial charge on any atom is -0.394 e. The summed E-state index contributed by atoms with van der Waals surface area (Å²) in [4.78, 5) is 0. The van der Waals surface area contributed by atoms with Crippen molar-refractivity contribution in [3.63, 3.8) is 0 Å². The second-order valence-corrected chi connectivity index (χ2v) is 7.55. The summed E-state index contributed by atoms with van der Waals surface area (Å²) in [6.45, 7) is 7.00. The highest BCUT2D eigenvalue weighted by molar-refractivity contribution is 6.30. The second-order valence-electron chi connectivity index (χ2n) is 7.11. The van der Waals surface area contributed by atoms with Crippen molar-refractivity contribution < 1.29 is 5.11 Å². The number of aliphatic hydroxyl groups is 1. The summed E-state index contributed by atoms with van der Waals surface area (Å²) < 4.78 is 0. The van der Waals surface area contributed by atoms with E-state index in [-0.39, 0.29) is 17.6 Å². The van der Waals surface area contributed by atoms with E-state index in [1.165, 1.54) is 19.3 Å². The maximum Gasteiger partial charge on any atom is 0.0664 e. The SMILES string of the molecule is CC(C)(C)C1CCCCC1(CO)Nc1ccc(Cl)cc1. The van der Waals surface area contributed by atoms with Crippen LogP contribution in [-0.4, -0.2) is 17.3 Å². The van der Waals surface area contributed by atoms with Gasteiger partial charge >= 0.3 is 0 Å². The van der Waals surface area contributed by atoms with Crippen molar-refractivity contribution in [3.05, 3.63) is 29.3 Å². The molecule has 2 N–H and O–H groups in total. The van der Waals surface area contributed by atoms with Gasteiger partial charge in [-0.25, -0.2) is 0 Å². The molecule has 0 bridgehead atoms. The fraction of sp³-hybridized carbons (Fsp3) is 0.647. The van der Waals surface area contributed by atoms with Crippen molar-refractivity contribution in [2.45, 2.75) is 52.0 Å². The van der Waals surface area contributed by atoms with E-state index in [9.17, 15) is 5.11 Å². The average molecular weight is 296 g/mol. The molecule has 1 aliphatic rings. The number of halogens is 1. The van der Waals surface area contributed by atoms with Crippen LogP contribution in [0.5, 0.6) is 0 Å². The first-order valence-electron chi connectivity index (χ1n) is 7.52. The number of aliphatic hydroxyl groups excluding tert-OH is 1. The standard InChI is InChI=1S/C17H26ClNO/c1-16(2,3)15-6-4-5-11-17(15,12-20)19-14-9-7-13(18)8-10-14/h7-10,15,19-20H,4-6,11-12H2,1-3H3. The summed E-state index contributed by atoms with van der Waals surface area (Å²) in [5.74, 6) is 0.462. The first-order valence-corrected chi connectivity index (χ1v) is 7.90. The highest BCUT2D eigenvalue weighted by atomic mass is 35.5. The highest BCUT2D eigenvalue weighted by Crippen LogP contribution is 2.45. The van der Waals surface area contributed by atoms with Crippen LogP contribution in [0, 0.1) is 11.3 Å². The van der Waals surface area contributed by atoms with Crippen LogP contribution < -0.4 is 5.32 Å². The third-order valence-electron chi connectivity index (χ3n) is 4.60. The molecule has 112 valence electrons. The van der Waals surface area contributed by atoms with Crippen molar-refractivity contribution in [3.8, 4) is 0 Å². The number of rotatable bonds is 3. The smallest absolute Gasteiger partial charge is 0.0664 e. The molecule has 3 heteroatoms. The fourth-order valence-electron chi connectivity index (χ4n) is 3.70. The van der Waals surface area contributed by atoms with Gasteiger partial charge in [0.1, 0.15) is 0 Å². The van der Waals surface area contributed by atoms with Crippen molar-refractivity contribution in [1.29, 1.82) is 0 Å². The second kappa shape index (κ2) is 5.95. The van der Waals surface area contributed by atoms with Gasteiger partial charge in [-0.3, -0.25) is 0 Å². The van der Waals surface area contributed by atoms with E-state index < -0.39 is 0 Å². The van der Waals surface area contributed by atoms with Crippen molar-refractivity contribution in [2.75, 3.05) is 11.9 Å². The molecule has 0 heterocycles. The predicted octanol–water partition coefficient (Wildman–Crippen LogP) is 4.72. The van der Waals surface area contributed by atoms with Crippen LogP contribution in [0.3, 0.4) is 0 Å². The van der Waals surface area contributed by atoms with E-state index in [1.54, 1.807) is 0 Å². The molecule has 0 saturated heterocycles. The van der Waals surface area contributed by atoms with E-state index in [1.807, 2.05) is 24.3 Å². The van der Waals surface area contributed by atoms with Gasteiger partial charge in [0.15, 0.2) is 0 Å². The van der Waals surface area contributed by atoms with E-state index in [0.717, 1.165) is 17.1 Å². The molecule has 1 saturated carbocycles.